The summed E-state index contributed by atoms with van der Waals surface area (Å²) in [6, 6.07) is 0. The van der Waals surface area contributed by atoms with E-state index >= 15 is 0 Å². The minimum Gasteiger partial charge on any atom is -0.409 e. The molecule has 0 aromatic rings. The van der Waals surface area contributed by atoms with Crippen molar-refractivity contribution in [3.05, 3.63) is 0 Å². The van der Waals surface area contributed by atoms with E-state index < -0.39 is 25.3 Å². The van der Waals surface area contributed by atoms with E-state index in [4.69, 9.17) is 13.9 Å². The van der Waals surface area contributed by atoms with Crippen molar-refractivity contribution >= 4 is 8.32 Å². The number of ether oxygens (including phenoxy) is 2. The fourth-order valence-corrected chi connectivity index (χ4v) is 9.92. The van der Waals surface area contributed by atoms with Gasteiger partial charge < -0.3 is 19.0 Å². The normalized spacial score (nSPS) is 47.0. The van der Waals surface area contributed by atoms with Crippen LogP contribution in [0.2, 0.25) is 18.1 Å². The van der Waals surface area contributed by atoms with Crippen LogP contribution in [0.15, 0.2) is 0 Å². The van der Waals surface area contributed by atoms with Crippen LogP contribution in [0.3, 0.4) is 0 Å². The lowest BCUT2D eigenvalue weighted by Gasteiger charge is -2.69. The van der Waals surface area contributed by atoms with E-state index in [1.807, 2.05) is 13.8 Å². The van der Waals surface area contributed by atoms with Crippen LogP contribution in [-0.4, -0.2) is 43.1 Å². The number of fused-ring (bicyclic) bond motifs is 1. The monoisotopic (exact) mass is 494 g/mol. The third-order valence-corrected chi connectivity index (χ3v) is 15.7. The molecule has 1 heterocycles. The lowest BCUT2D eigenvalue weighted by molar-refractivity contribution is -0.366. The van der Waals surface area contributed by atoms with Crippen LogP contribution in [0.1, 0.15) is 94.4 Å². The van der Waals surface area contributed by atoms with Crippen LogP contribution in [0.5, 0.6) is 0 Å². The maximum absolute atomic E-state index is 13.4. The average Bonchev–Trinajstić information content (AvgIpc) is 2.67. The van der Waals surface area contributed by atoms with Crippen LogP contribution >= 0.6 is 0 Å². The summed E-state index contributed by atoms with van der Waals surface area (Å²) >= 11 is 0. The van der Waals surface area contributed by atoms with E-state index in [1.54, 1.807) is 0 Å². The van der Waals surface area contributed by atoms with Gasteiger partial charge in [0, 0.05) is 11.8 Å². The molecule has 0 aromatic heterocycles. The Labute approximate surface area is 211 Å². The number of rotatable bonds is 3. The van der Waals surface area contributed by atoms with Crippen molar-refractivity contribution in [1.82, 2.24) is 0 Å². The quantitative estimate of drug-likeness (QED) is 0.429. The maximum Gasteiger partial charge on any atom is 0.192 e. The van der Waals surface area contributed by atoms with Crippen LogP contribution in [0.4, 0.5) is 0 Å². The van der Waals surface area contributed by atoms with Crippen molar-refractivity contribution < 1.29 is 19.0 Å². The third kappa shape index (κ3) is 4.18. The van der Waals surface area contributed by atoms with Crippen molar-refractivity contribution in [2.24, 2.45) is 41.4 Å². The third-order valence-electron chi connectivity index (χ3n) is 11.1. The topological polar surface area (TPSA) is 47.9 Å². The van der Waals surface area contributed by atoms with E-state index in [-0.39, 0.29) is 23.0 Å². The van der Waals surface area contributed by atoms with Gasteiger partial charge in [0.2, 0.25) is 0 Å². The lowest BCUT2D eigenvalue weighted by atomic mass is 9.44. The Bertz CT molecular complexity index is 758. The predicted molar refractivity (Wildman–Crippen MR) is 141 cm³/mol. The SMILES string of the molecule is CC(C)[C@H]1CC[C@@H](C)[C@@H]2CC[C@@](C)(O[Si](C)(C)C(C)(C)C)[C@@]3(O)[C@@H]2[C@@H]2OC(C)(C)OC[C@@H]2C[C@@H]13. The first-order valence-electron chi connectivity index (χ1n) is 14.2. The van der Waals surface area contributed by atoms with Crippen molar-refractivity contribution in [3.63, 3.8) is 0 Å². The molecule has 0 spiro atoms. The van der Waals surface area contributed by atoms with E-state index in [0.29, 0.717) is 29.6 Å². The summed E-state index contributed by atoms with van der Waals surface area (Å²) in [5.41, 5.74) is -1.44. The van der Waals surface area contributed by atoms with Crippen molar-refractivity contribution in [1.29, 1.82) is 0 Å². The van der Waals surface area contributed by atoms with Crippen LogP contribution in [0, 0.1) is 41.4 Å². The Hall–Kier alpha value is 0.0569. The van der Waals surface area contributed by atoms with Gasteiger partial charge in [0.05, 0.1) is 18.3 Å². The molecule has 0 amide bonds. The number of hydrogen-bond acceptors (Lipinski definition) is 4. The van der Waals surface area contributed by atoms with Gasteiger partial charge in [0.25, 0.3) is 0 Å². The largest absolute Gasteiger partial charge is 0.409 e. The summed E-state index contributed by atoms with van der Waals surface area (Å²) in [4.78, 5) is 0. The first-order chi connectivity index (χ1) is 15.4. The van der Waals surface area contributed by atoms with Crippen molar-refractivity contribution in [3.8, 4) is 0 Å². The second-order valence-corrected chi connectivity index (χ2v) is 19.7. The summed E-state index contributed by atoms with van der Waals surface area (Å²) < 4.78 is 20.3. The zero-order valence-electron chi connectivity index (χ0n) is 24.0. The van der Waals surface area contributed by atoms with E-state index in [9.17, 15) is 5.11 Å². The maximum atomic E-state index is 13.4. The molecule has 0 unspecified atom stereocenters. The summed E-state index contributed by atoms with van der Waals surface area (Å²) in [5, 5.41) is 13.5. The van der Waals surface area contributed by atoms with E-state index in [1.165, 1.54) is 12.8 Å². The lowest BCUT2D eigenvalue weighted by Crippen LogP contribution is -2.77. The molecular weight excluding hydrogens is 440 g/mol. The highest BCUT2D eigenvalue weighted by atomic mass is 28.4. The van der Waals surface area contributed by atoms with Gasteiger partial charge in [-0.25, -0.2) is 0 Å². The molecule has 4 bridgehead atoms. The number of aliphatic hydroxyl groups is 1. The summed E-state index contributed by atoms with van der Waals surface area (Å²) in [5.74, 6) is 2.16. The van der Waals surface area contributed by atoms with E-state index in [0.717, 1.165) is 25.9 Å². The molecular formula is C29H54O4Si. The molecule has 198 valence electrons. The Morgan fingerprint density at radius 2 is 1.71 bits per heavy atom. The zero-order valence-corrected chi connectivity index (χ0v) is 25.0. The van der Waals surface area contributed by atoms with Crippen LogP contribution in [-0.2, 0) is 13.9 Å². The van der Waals surface area contributed by atoms with Gasteiger partial charge in [-0.1, -0.05) is 48.0 Å². The average molecular weight is 495 g/mol. The van der Waals surface area contributed by atoms with Gasteiger partial charge in [-0.05, 0) is 94.2 Å². The molecule has 5 heteroatoms. The van der Waals surface area contributed by atoms with Crippen LogP contribution < -0.4 is 0 Å². The molecule has 1 saturated heterocycles. The Morgan fingerprint density at radius 3 is 2.29 bits per heavy atom. The molecule has 4 rings (SSSR count). The molecule has 4 nitrogen and oxygen atoms in total. The first kappa shape index (κ1) is 27.1. The molecule has 34 heavy (non-hydrogen) atoms. The van der Waals surface area contributed by atoms with Gasteiger partial charge in [0.1, 0.15) is 5.60 Å². The van der Waals surface area contributed by atoms with Crippen molar-refractivity contribution in [2.45, 2.75) is 136 Å². The molecule has 4 fully saturated rings. The Kier molecular flexibility index (Phi) is 6.81. The zero-order chi connectivity index (χ0) is 25.5. The summed E-state index contributed by atoms with van der Waals surface area (Å²) in [6.45, 7) is 25.9. The standard InChI is InChI=1S/C29H54O4Si/c1-18(2)21-13-12-19(3)22-14-15-28(9,33-34(10,11)26(4,5)6)29(30)23(21)16-20-17-31-27(7,8)32-25(20)24(22)29/h18-25,30H,12-17H2,1-11H3/t19-,20+,21-,22+,23+,24+,25-,28-,29+/m1/s1. The number of hydrogen-bond donors (Lipinski definition) is 1. The van der Waals surface area contributed by atoms with Gasteiger partial charge in [0.15, 0.2) is 14.1 Å². The Morgan fingerprint density at radius 1 is 1.06 bits per heavy atom. The van der Waals surface area contributed by atoms with Gasteiger partial charge in [-0.15, -0.1) is 0 Å². The predicted octanol–water partition coefficient (Wildman–Crippen LogP) is 7.01. The molecule has 3 saturated carbocycles. The minimum absolute atomic E-state index is 0.0333. The van der Waals surface area contributed by atoms with Gasteiger partial charge in [-0.3, -0.25) is 0 Å². The molecule has 0 radical (unpaired) electrons. The highest BCUT2D eigenvalue weighted by Gasteiger charge is 2.71. The first-order valence-corrected chi connectivity index (χ1v) is 17.1. The second kappa shape index (κ2) is 8.54. The smallest absolute Gasteiger partial charge is 0.192 e. The molecule has 9 atom stereocenters. The van der Waals surface area contributed by atoms with Crippen LogP contribution in [0.25, 0.3) is 0 Å². The molecule has 3 aliphatic carbocycles. The molecule has 1 N–H and O–H groups in total. The second-order valence-electron chi connectivity index (χ2n) is 15.0. The van der Waals surface area contributed by atoms with Gasteiger partial charge in [-0.2, -0.15) is 0 Å². The molecule has 0 aromatic carbocycles. The van der Waals surface area contributed by atoms with Crippen molar-refractivity contribution in [2.75, 3.05) is 6.61 Å². The highest BCUT2D eigenvalue weighted by molar-refractivity contribution is 6.74. The minimum atomic E-state index is -2.11. The summed E-state index contributed by atoms with van der Waals surface area (Å²) in [7, 11) is -2.11. The summed E-state index contributed by atoms with van der Waals surface area (Å²) in [6.07, 6.45) is 5.54. The fourth-order valence-electron chi connectivity index (χ4n) is 8.23. The molecule has 1 aliphatic heterocycles. The van der Waals surface area contributed by atoms with Gasteiger partial charge >= 0.3 is 0 Å². The fraction of sp³-hybridized carbons (Fsp3) is 1.00. The highest BCUT2D eigenvalue weighted by Crippen LogP contribution is 2.64. The van der Waals surface area contributed by atoms with E-state index in [2.05, 4.69) is 61.6 Å². The molecule has 4 aliphatic rings. The Balaban J connectivity index is 1.88.